The van der Waals surface area contributed by atoms with Gasteiger partial charge in [0.1, 0.15) is 0 Å². The molecule has 1 saturated heterocycles. The number of rotatable bonds is 5. The molecule has 0 aromatic carbocycles. The van der Waals surface area contributed by atoms with Gasteiger partial charge in [-0.1, -0.05) is 41.5 Å². The smallest absolute Gasteiger partial charge is 0.0243 e. The van der Waals surface area contributed by atoms with E-state index in [1.165, 1.54) is 51.7 Å². The minimum absolute atomic E-state index is 0.486. The largest absolute Gasteiger partial charge is 0.312 e. The highest BCUT2D eigenvalue weighted by Crippen LogP contribution is 2.45. The number of likely N-dealkylation sites (tertiary alicyclic amines) is 1. The molecular weight excluding hydrogens is 256 g/mol. The number of hydrogen-bond acceptors (Lipinski definition) is 2. The van der Waals surface area contributed by atoms with Crippen LogP contribution in [0.4, 0.5) is 0 Å². The van der Waals surface area contributed by atoms with E-state index in [1.54, 1.807) is 0 Å². The lowest BCUT2D eigenvalue weighted by molar-refractivity contribution is 0.0784. The molecule has 0 spiro atoms. The molecule has 1 atom stereocenters. The van der Waals surface area contributed by atoms with Crippen molar-refractivity contribution in [3.63, 3.8) is 0 Å². The minimum Gasteiger partial charge on any atom is -0.312 e. The lowest BCUT2D eigenvalue weighted by Gasteiger charge is -2.46. The molecule has 124 valence electrons. The quantitative estimate of drug-likeness (QED) is 0.813. The van der Waals surface area contributed by atoms with Crippen LogP contribution in [-0.2, 0) is 0 Å². The normalized spacial score (nSPS) is 28.1. The maximum Gasteiger partial charge on any atom is 0.0243 e. The van der Waals surface area contributed by atoms with Gasteiger partial charge < -0.3 is 5.32 Å². The summed E-state index contributed by atoms with van der Waals surface area (Å²) in [5.41, 5.74) is 0.973. The molecule has 2 aliphatic rings. The summed E-state index contributed by atoms with van der Waals surface area (Å²) in [4.78, 5) is 2.72. The van der Waals surface area contributed by atoms with E-state index in [-0.39, 0.29) is 0 Å². The Morgan fingerprint density at radius 3 is 2.00 bits per heavy atom. The van der Waals surface area contributed by atoms with Crippen LogP contribution in [0.15, 0.2) is 0 Å². The Balaban J connectivity index is 1.90. The van der Waals surface area contributed by atoms with Crippen molar-refractivity contribution in [2.75, 3.05) is 19.6 Å². The van der Waals surface area contributed by atoms with Gasteiger partial charge in [-0.25, -0.2) is 0 Å². The van der Waals surface area contributed by atoms with Crippen molar-refractivity contribution in [2.45, 2.75) is 85.7 Å². The van der Waals surface area contributed by atoms with Gasteiger partial charge in [0, 0.05) is 18.6 Å². The fourth-order valence-electron chi connectivity index (χ4n) is 5.14. The van der Waals surface area contributed by atoms with Gasteiger partial charge in [-0.3, -0.25) is 4.90 Å². The fraction of sp³-hybridized carbons (Fsp3) is 1.00. The summed E-state index contributed by atoms with van der Waals surface area (Å²) >= 11 is 0. The van der Waals surface area contributed by atoms with Crippen LogP contribution in [0.3, 0.4) is 0 Å². The summed E-state index contributed by atoms with van der Waals surface area (Å²) in [7, 11) is 0. The zero-order chi connectivity index (χ0) is 15.7. The molecule has 1 unspecified atom stereocenters. The Bertz CT molecular complexity index is 310. The van der Waals surface area contributed by atoms with Crippen molar-refractivity contribution in [1.29, 1.82) is 0 Å². The number of hydrogen-bond donors (Lipinski definition) is 1. The third-order valence-corrected chi connectivity index (χ3v) is 5.55. The van der Waals surface area contributed by atoms with Gasteiger partial charge in [0.05, 0.1) is 0 Å². The van der Waals surface area contributed by atoms with Crippen LogP contribution < -0.4 is 5.32 Å². The lowest BCUT2D eigenvalue weighted by atomic mass is 9.63. The van der Waals surface area contributed by atoms with E-state index in [2.05, 4.69) is 51.8 Å². The number of nitrogens with one attached hydrogen (secondary N) is 1. The predicted octanol–water partition coefficient (Wildman–Crippen LogP) is 4.30. The van der Waals surface area contributed by atoms with Crippen molar-refractivity contribution in [3.8, 4) is 0 Å². The average molecular weight is 295 g/mol. The summed E-state index contributed by atoms with van der Waals surface area (Å²) in [6.07, 6.45) is 6.82. The van der Waals surface area contributed by atoms with Gasteiger partial charge in [-0.2, -0.15) is 0 Å². The maximum atomic E-state index is 3.95. The second-order valence-corrected chi connectivity index (χ2v) is 9.57. The predicted molar refractivity (Wildman–Crippen MR) is 92.6 cm³/mol. The van der Waals surface area contributed by atoms with Crippen molar-refractivity contribution >= 4 is 0 Å². The molecule has 1 aliphatic carbocycles. The van der Waals surface area contributed by atoms with E-state index in [4.69, 9.17) is 0 Å². The van der Waals surface area contributed by atoms with Crippen LogP contribution in [0, 0.1) is 16.7 Å². The average Bonchev–Trinajstić information content (AvgIpc) is 2.77. The minimum atomic E-state index is 0.486. The highest BCUT2D eigenvalue weighted by atomic mass is 15.2. The molecule has 2 rings (SSSR count). The zero-order valence-corrected chi connectivity index (χ0v) is 15.3. The van der Waals surface area contributed by atoms with Gasteiger partial charge in [-0.15, -0.1) is 0 Å². The molecule has 0 aromatic rings. The van der Waals surface area contributed by atoms with Crippen molar-refractivity contribution < 1.29 is 0 Å². The fourth-order valence-corrected chi connectivity index (χ4v) is 5.14. The molecule has 2 nitrogen and oxygen atoms in total. The van der Waals surface area contributed by atoms with Crippen LogP contribution >= 0.6 is 0 Å². The zero-order valence-electron chi connectivity index (χ0n) is 15.3. The van der Waals surface area contributed by atoms with Gasteiger partial charge in [0.2, 0.25) is 0 Å². The summed E-state index contributed by atoms with van der Waals surface area (Å²) in [6, 6.07) is 1.42. The van der Waals surface area contributed by atoms with Crippen molar-refractivity contribution in [1.82, 2.24) is 10.2 Å². The molecule has 1 saturated carbocycles. The SMILES string of the molecule is CC(C)C(CNC1CC(C)(C)CC(C)(C)C1)N1CCCC1. The molecule has 0 bridgehead atoms. The summed E-state index contributed by atoms with van der Waals surface area (Å²) < 4.78 is 0. The molecule has 2 heteroatoms. The van der Waals surface area contributed by atoms with Crippen molar-refractivity contribution in [3.05, 3.63) is 0 Å². The maximum absolute atomic E-state index is 3.95. The Hall–Kier alpha value is -0.0800. The highest BCUT2D eigenvalue weighted by molar-refractivity contribution is 4.93. The first-order chi connectivity index (χ1) is 9.69. The first kappa shape index (κ1) is 17.3. The molecule has 2 fully saturated rings. The second-order valence-electron chi connectivity index (χ2n) is 9.57. The second kappa shape index (κ2) is 6.58. The van der Waals surface area contributed by atoms with E-state index in [1.807, 2.05) is 0 Å². The third kappa shape index (κ3) is 4.96. The molecule has 21 heavy (non-hydrogen) atoms. The molecule has 0 radical (unpaired) electrons. The highest BCUT2D eigenvalue weighted by Gasteiger charge is 2.38. The Morgan fingerprint density at radius 2 is 1.52 bits per heavy atom. The lowest BCUT2D eigenvalue weighted by Crippen LogP contribution is -2.50. The first-order valence-corrected chi connectivity index (χ1v) is 9.16. The van der Waals surface area contributed by atoms with Crippen molar-refractivity contribution in [2.24, 2.45) is 16.7 Å². The molecule has 0 amide bonds. The van der Waals surface area contributed by atoms with Crippen LogP contribution in [-0.4, -0.2) is 36.6 Å². The summed E-state index contributed by atoms with van der Waals surface area (Å²) in [5.74, 6) is 0.750. The van der Waals surface area contributed by atoms with E-state index in [9.17, 15) is 0 Å². The molecule has 1 heterocycles. The molecule has 0 aromatic heterocycles. The van der Waals surface area contributed by atoms with Gasteiger partial charge in [0.15, 0.2) is 0 Å². The third-order valence-electron chi connectivity index (χ3n) is 5.55. The van der Waals surface area contributed by atoms with E-state index < -0.39 is 0 Å². The monoisotopic (exact) mass is 294 g/mol. The summed E-state index contributed by atoms with van der Waals surface area (Å²) in [5, 5.41) is 3.95. The van der Waals surface area contributed by atoms with Crippen LogP contribution in [0.2, 0.25) is 0 Å². The van der Waals surface area contributed by atoms with E-state index >= 15 is 0 Å². The van der Waals surface area contributed by atoms with E-state index in [0.29, 0.717) is 16.9 Å². The standard InChI is InChI=1S/C19H38N2/c1-15(2)17(21-9-7-8-10-21)13-20-16-11-18(3,4)14-19(5,6)12-16/h15-17,20H,7-14H2,1-6H3. The molecule has 1 N–H and O–H groups in total. The topological polar surface area (TPSA) is 15.3 Å². The first-order valence-electron chi connectivity index (χ1n) is 9.16. The Kier molecular flexibility index (Phi) is 5.41. The molecular formula is C19H38N2. The van der Waals surface area contributed by atoms with E-state index in [0.717, 1.165) is 12.0 Å². The molecule has 1 aliphatic heterocycles. The van der Waals surface area contributed by atoms with Crippen LogP contribution in [0.25, 0.3) is 0 Å². The summed E-state index contributed by atoms with van der Waals surface area (Å²) in [6.45, 7) is 18.4. The van der Waals surface area contributed by atoms with Gasteiger partial charge >= 0.3 is 0 Å². The Labute approximate surface area is 133 Å². The van der Waals surface area contributed by atoms with Gasteiger partial charge in [-0.05, 0) is 61.9 Å². The number of nitrogens with zero attached hydrogens (tertiary/aromatic N) is 1. The van der Waals surface area contributed by atoms with Gasteiger partial charge in [0.25, 0.3) is 0 Å². The Morgan fingerprint density at radius 1 is 1.00 bits per heavy atom. The van der Waals surface area contributed by atoms with Crippen LogP contribution in [0.1, 0.15) is 73.6 Å². The van der Waals surface area contributed by atoms with Crippen LogP contribution in [0.5, 0.6) is 0 Å².